The van der Waals surface area contributed by atoms with Crippen molar-refractivity contribution in [2.45, 2.75) is 18.4 Å². The van der Waals surface area contributed by atoms with Crippen LogP contribution in [0.5, 0.6) is 5.75 Å². The molecule has 1 aliphatic rings. The summed E-state index contributed by atoms with van der Waals surface area (Å²) in [5.41, 5.74) is 0.550. The quantitative estimate of drug-likeness (QED) is 0.770. The summed E-state index contributed by atoms with van der Waals surface area (Å²) in [7, 11) is 0. The van der Waals surface area contributed by atoms with Gasteiger partial charge in [0.15, 0.2) is 5.75 Å². The highest BCUT2D eigenvalue weighted by Gasteiger charge is 2.58. The summed E-state index contributed by atoms with van der Waals surface area (Å²) >= 11 is 0. The molecule has 1 heterocycles. The first-order valence-electron chi connectivity index (χ1n) is 5.62. The molecular weight excluding hydrogens is 244 g/mol. The first-order valence-corrected chi connectivity index (χ1v) is 5.62. The van der Waals surface area contributed by atoms with Gasteiger partial charge in [0.2, 0.25) is 5.58 Å². The number of aromatic nitrogens is 1. The number of ether oxygens (including phenoxy) is 2. The van der Waals surface area contributed by atoms with Gasteiger partial charge in [0.05, 0.1) is 12.8 Å². The molecular formula is C12H11F2NO3. The lowest BCUT2D eigenvalue weighted by atomic mass is 10.2. The summed E-state index contributed by atoms with van der Waals surface area (Å²) in [5.74, 6) is -2.11. The fourth-order valence-electron chi connectivity index (χ4n) is 1.69. The van der Waals surface area contributed by atoms with E-state index < -0.39 is 12.0 Å². The van der Waals surface area contributed by atoms with Crippen molar-refractivity contribution < 1.29 is 22.8 Å². The first kappa shape index (κ1) is 11.4. The molecule has 1 aromatic heterocycles. The first-order chi connectivity index (χ1) is 8.67. The highest BCUT2D eigenvalue weighted by Crippen LogP contribution is 2.44. The minimum atomic E-state index is -2.65. The average Bonchev–Trinajstić information content (AvgIpc) is 2.78. The third kappa shape index (κ3) is 2.15. The van der Waals surface area contributed by atoms with E-state index in [-0.39, 0.29) is 19.6 Å². The van der Waals surface area contributed by atoms with E-state index in [1.807, 2.05) is 12.1 Å². The Morgan fingerprint density at radius 3 is 3.00 bits per heavy atom. The maximum atomic E-state index is 12.5. The second-order valence-corrected chi connectivity index (χ2v) is 4.17. The van der Waals surface area contributed by atoms with Crippen molar-refractivity contribution in [2.75, 3.05) is 13.2 Å². The molecule has 6 heteroatoms. The third-order valence-corrected chi connectivity index (χ3v) is 2.77. The van der Waals surface area contributed by atoms with Gasteiger partial charge in [-0.2, -0.15) is 0 Å². The van der Waals surface area contributed by atoms with Gasteiger partial charge in [-0.1, -0.05) is 11.2 Å². The molecule has 0 N–H and O–H groups in total. The number of alkyl halides is 2. The van der Waals surface area contributed by atoms with E-state index in [1.165, 1.54) is 0 Å². The molecule has 1 fully saturated rings. The average molecular weight is 255 g/mol. The summed E-state index contributed by atoms with van der Waals surface area (Å²) in [6, 6.07) is 5.39. The maximum Gasteiger partial charge on any atom is 0.276 e. The molecule has 4 nitrogen and oxygen atoms in total. The van der Waals surface area contributed by atoms with Crippen LogP contribution in [0.25, 0.3) is 11.0 Å². The smallest absolute Gasteiger partial charge is 0.276 e. The summed E-state index contributed by atoms with van der Waals surface area (Å²) in [6.45, 7) is 0.331. The molecule has 1 aliphatic carbocycles. The van der Waals surface area contributed by atoms with Crippen LogP contribution in [0.4, 0.5) is 8.78 Å². The zero-order chi connectivity index (χ0) is 12.6. The Balaban J connectivity index is 1.52. The second-order valence-electron chi connectivity index (χ2n) is 4.17. The summed E-state index contributed by atoms with van der Waals surface area (Å²) in [4.78, 5) is 0. The fourth-order valence-corrected chi connectivity index (χ4v) is 1.69. The molecule has 0 spiro atoms. The normalized spacial score (nSPS) is 21.1. The number of fused-ring (bicyclic) bond motifs is 1. The number of nitrogens with zero attached hydrogens (tertiary/aromatic N) is 1. The van der Waals surface area contributed by atoms with Gasteiger partial charge < -0.3 is 14.0 Å². The Bertz CT molecular complexity index is 555. The molecule has 0 saturated heterocycles. The molecule has 18 heavy (non-hydrogen) atoms. The van der Waals surface area contributed by atoms with Crippen molar-refractivity contribution in [3.63, 3.8) is 0 Å². The van der Waals surface area contributed by atoms with E-state index >= 15 is 0 Å². The zero-order valence-electron chi connectivity index (χ0n) is 9.44. The Morgan fingerprint density at radius 1 is 1.39 bits per heavy atom. The van der Waals surface area contributed by atoms with Crippen LogP contribution in [-0.4, -0.2) is 30.4 Å². The molecule has 0 radical (unpaired) electrons. The van der Waals surface area contributed by atoms with Gasteiger partial charge in [0.25, 0.3) is 5.92 Å². The molecule has 1 atom stereocenters. The van der Waals surface area contributed by atoms with Crippen LogP contribution in [0.1, 0.15) is 6.42 Å². The van der Waals surface area contributed by atoms with E-state index in [1.54, 1.807) is 12.3 Å². The lowest BCUT2D eigenvalue weighted by molar-refractivity contribution is 0.00421. The van der Waals surface area contributed by atoms with Gasteiger partial charge in [-0.15, -0.1) is 0 Å². The van der Waals surface area contributed by atoms with Crippen LogP contribution < -0.4 is 4.74 Å². The highest BCUT2D eigenvalue weighted by atomic mass is 19.3. The van der Waals surface area contributed by atoms with E-state index in [4.69, 9.17) is 14.0 Å². The van der Waals surface area contributed by atoms with Crippen LogP contribution in [0.15, 0.2) is 28.9 Å². The topological polar surface area (TPSA) is 44.5 Å². The second kappa shape index (κ2) is 4.20. The Kier molecular flexibility index (Phi) is 2.66. The minimum Gasteiger partial charge on any atom is -0.487 e. The number of halogens is 2. The number of benzene rings is 1. The SMILES string of the molecule is FC1(F)CC1OCCOc1cccc2cnoc12. The standard InChI is InChI=1S/C12H11F2NO3/c13-12(14)6-10(12)17-5-4-16-9-3-1-2-8-7-15-18-11(8)9/h1-3,7,10H,4-6H2. The predicted octanol–water partition coefficient (Wildman–Crippen LogP) is 2.63. The van der Waals surface area contributed by atoms with Crippen molar-refractivity contribution in [3.05, 3.63) is 24.4 Å². The molecule has 1 saturated carbocycles. The lowest BCUT2D eigenvalue weighted by Crippen LogP contribution is -2.11. The number of hydrogen-bond donors (Lipinski definition) is 0. The number of para-hydroxylation sites is 1. The Labute approximate surface area is 101 Å². The highest BCUT2D eigenvalue weighted by molar-refractivity contribution is 5.81. The third-order valence-electron chi connectivity index (χ3n) is 2.77. The molecule has 3 rings (SSSR count). The minimum absolute atomic E-state index is 0.130. The monoisotopic (exact) mass is 255 g/mol. The van der Waals surface area contributed by atoms with Crippen molar-refractivity contribution in [2.24, 2.45) is 0 Å². The lowest BCUT2D eigenvalue weighted by Gasteiger charge is -2.06. The summed E-state index contributed by atoms with van der Waals surface area (Å²) in [6.07, 6.45) is 0.455. The van der Waals surface area contributed by atoms with Crippen molar-refractivity contribution >= 4 is 11.0 Å². The van der Waals surface area contributed by atoms with Crippen LogP contribution in [0, 0.1) is 0 Å². The van der Waals surface area contributed by atoms with Gasteiger partial charge >= 0.3 is 0 Å². The molecule has 2 aromatic rings. The molecule has 96 valence electrons. The van der Waals surface area contributed by atoms with Gasteiger partial charge in [0, 0.05) is 11.8 Å². The molecule has 0 aliphatic heterocycles. The van der Waals surface area contributed by atoms with Crippen molar-refractivity contribution in [1.29, 1.82) is 0 Å². The van der Waals surface area contributed by atoms with Gasteiger partial charge in [-0.3, -0.25) is 0 Å². The summed E-state index contributed by atoms with van der Waals surface area (Å²) < 4.78 is 40.5. The predicted molar refractivity (Wildman–Crippen MR) is 58.8 cm³/mol. The Morgan fingerprint density at radius 2 is 2.22 bits per heavy atom. The van der Waals surface area contributed by atoms with Crippen LogP contribution in [0.3, 0.4) is 0 Å². The van der Waals surface area contributed by atoms with E-state index in [9.17, 15) is 8.78 Å². The fraction of sp³-hybridized carbons (Fsp3) is 0.417. The number of hydrogen-bond acceptors (Lipinski definition) is 4. The van der Waals surface area contributed by atoms with Crippen LogP contribution in [0.2, 0.25) is 0 Å². The van der Waals surface area contributed by atoms with Gasteiger partial charge in [-0.05, 0) is 12.1 Å². The van der Waals surface area contributed by atoms with E-state index in [0.29, 0.717) is 11.3 Å². The van der Waals surface area contributed by atoms with E-state index in [2.05, 4.69) is 5.16 Å². The van der Waals surface area contributed by atoms with Crippen molar-refractivity contribution in [1.82, 2.24) is 5.16 Å². The number of rotatable bonds is 5. The largest absolute Gasteiger partial charge is 0.487 e. The van der Waals surface area contributed by atoms with Crippen LogP contribution >= 0.6 is 0 Å². The van der Waals surface area contributed by atoms with Gasteiger partial charge in [0.1, 0.15) is 12.7 Å². The molecule has 0 amide bonds. The Hall–Kier alpha value is -1.69. The van der Waals surface area contributed by atoms with Crippen molar-refractivity contribution in [3.8, 4) is 5.75 Å². The maximum absolute atomic E-state index is 12.5. The van der Waals surface area contributed by atoms with Crippen LogP contribution in [-0.2, 0) is 4.74 Å². The molecule has 1 unspecified atom stereocenters. The molecule has 1 aromatic carbocycles. The van der Waals surface area contributed by atoms with E-state index in [0.717, 1.165) is 5.39 Å². The zero-order valence-corrected chi connectivity index (χ0v) is 9.44. The summed E-state index contributed by atoms with van der Waals surface area (Å²) in [5, 5.41) is 4.50. The van der Waals surface area contributed by atoms with Gasteiger partial charge in [-0.25, -0.2) is 8.78 Å². The molecule has 0 bridgehead atoms.